The smallest absolute Gasteiger partial charge is 0.305 e. The van der Waals surface area contributed by atoms with Crippen molar-refractivity contribution in [2.45, 2.75) is 51.9 Å². The second-order valence-corrected chi connectivity index (χ2v) is 3.43. The van der Waals surface area contributed by atoms with Crippen LogP contribution in [0.3, 0.4) is 0 Å². The van der Waals surface area contributed by atoms with Gasteiger partial charge < -0.3 is 4.74 Å². The molecule has 0 aromatic rings. The largest absolute Gasteiger partial charge is 0.469 e. The molecule has 0 atom stereocenters. The van der Waals surface area contributed by atoms with Crippen molar-refractivity contribution in [3.8, 4) is 0 Å². The fourth-order valence-electron chi connectivity index (χ4n) is 1.23. The third-order valence-corrected chi connectivity index (χ3v) is 2.12. The summed E-state index contributed by atoms with van der Waals surface area (Å²) >= 11 is 0. The first-order valence-electron chi connectivity index (χ1n) is 5.29. The molecule has 3 heteroatoms. The Labute approximate surface area is 85.8 Å². The Hall–Kier alpha value is -0.860. The minimum Gasteiger partial charge on any atom is -0.469 e. The Kier molecular flexibility index (Phi) is 8.19. The van der Waals surface area contributed by atoms with Crippen molar-refractivity contribution in [3.63, 3.8) is 0 Å². The lowest BCUT2D eigenvalue weighted by Gasteiger charge is -2.00. The quantitative estimate of drug-likeness (QED) is 0.446. The first kappa shape index (κ1) is 13.1. The highest BCUT2D eigenvalue weighted by Crippen LogP contribution is 2.05. The molecule has 0 aliphatic heterocycles. The minimum atomic E-state index is -0.230. The van der Waals surface area contributed by atoms with Crippen LogP contribution in [-0.4, -0.2) is 18.9 Å². The number of carbonyl (C=O) groups excluding carboxylic acids is 2. The first-order chi connectivity index (χ1) is 6.70. The fraction of sp³-hybridized carbons (Fsp3) is 0.818. The molecule has 0 aliphatic carbocycles. The van der Waals surface area contributed by atoms with Gasteiger partial charge in [0.2, 0.25) is 0 Å². The number of unbranched alkanes of at least 4 members (excludes halogenated alkanes) is 2. The Morgan fingerprint density at radius 2 is 1.64 bits per heavy atom. The number of rotatable bonds is 8. The number of Topliss-reactive ketones (excluding diaryl/α,β-unsaturated/α-hetero) is 1. The van der Waals surface area contributed by atoms with E-state index in [0.29, 0.717) is 25.7 Å². The van der Waals surface area contributed by atoms with Gasteiger partial charge in [0.25, 0.3) is 0 Å². The molecule has 0 aromatic heterocycles. The molecule has 82 valence electrons. The zero-order chi connectivity index (χ0) is 10.8. The number of hydrogen-bond acceptors (Lipinski definition) is 3. The SMILES string of the molecule is CCCCCC(=O)CCCC(=O)OC. The van der Waals surface area contributed by atoms with Gasteiger partial charge in [-0.25, -0.2) is 0 Å². The van der Waals surface area contributed by atoms with Gasteiger partial charge in [-0.2, -0.15) is 0 Å². The average Bonchev–Trinajstić information content (AvgIpc) is 2.18. The molecule has 3 nitrogen and oxygen atoms in total. The molecule has 0 heterocycles. The van der Waals surface area contributed by atoms with Gasteiger partial charge in [-0.05, 0) is 12.8 Å². The van der Waals surface area contributed by atoms with Crippen LogP contribution in [0.2, 0.25) is 0 Å². The number of ether oxygens (including phenoxy) is 1. The summed E-state index contributed by atoms with van der Waals surface area (Å²) in [5, 5.41) is 0. The maximum Gasteiger partial charge on any atom is 0.305 e. The first-order valence-corrected chi connectivity index (χ1v) is 5.29. The van der Waals surface area contributed by atoms with Crippen molar-refractivity contribution in [2.75, 3.05) is 7.11 Å². The summed E-state index contributed by atoms with van der Waals surface area (Å²) in [6, 6.07) is 0. The predicted octanol–water partition coefficient (Wildman–Crippen LogP) is 2.48. The molecule has 0 N–H and O–H groups in total. The van der Waals surface area contributed by atoms with Crippen LogP contribution in [0, 0.1) is 0 Å². The molecule has 0 spiro atoms. The number of methoxy groups -OCH3 is 1. The molecule has 0 rings (SSSR count). The van der Waals surface area contributed by atoms with Crippen LogP contribution >= 0.6 is 0 Å². The molecule has 0 bridgehead atoms. The summed E-state index contributed by atoms with van der Waals surface area (Å²) < 4.78 is 4.48. The van der Waals surface area contributed by atoms with E-state index in [2.05, 4.69) is 11.7 Å². The molecular weight excluding hydrogens is 180 g/mol. The normalized spacial score (nSPS) is 9.86. The molecular formula is C11H20O3. The van der Waals surface area contributed by atoms with Crippen LogP contribution < -0.4 is 0 Å². The van der Waals surface area contributed by atoms with E-state index in [0.717, 1.165) is 19.3 Å². The highest BCUT2D eigenvalue weighted by Gasteiger charge is 2.04. The van der Waals surface area contributed by atoms with E-state index in [1.165, 1.54) is 7.11 Å². The summed E-state index contributed by atoms with van der Waals surface area (Å²) in [5.74, 6) is 0.0358. The Bertz CT molecular complexity index is 175. The van der Waals surface area contributed by atoms with Crippen LogP contribution in [0.5, 0.6) is 0 Å². The third-order valence-electron chi connectivity index (χ3n) is 2.12. The Morgan fingerprint density at radius 3 is 2.21 bits per heavy atom. The maximum absolute atomic E-state index is 11.2. The standard InChI is InChI=1S/C11H20O3/c1-3-4-5-7-10(12)8-6-9-11(13)14-2/h3-9H2,1-2H3. The summed E-state index contributed by atoms with van der Waals surface area (Å²) in [4.78, 5) is 22.0. The van der Waals surface area contributed by atoms with E-state index in [9.17, 15) is 9.59 Å². The number of carbonyl (C=O) groups is 2. The van der Waals surface area contributed by atoms with Crippen LogP contribution in [-0.2, 0) is 14.3 Å². The van der Waals surface area contributed by atoms with E-state index >= 15 is 0 Å². The molecule has 0 saturated heterocycles. The molecule has 0 radical (unpaired) electrons. The molecule has 0 saturated carbocycles. The summed E-state index contributed by atoms with van der Waals surface area (Å²) in [5.41, 5.74) is 0. The lowest BCUT2D eigenvalue weighted by molar-refractivity contribution is -0.140. The highest BCUT2D eigenvalue weighted by atomic mass is 16.5. The molecule has 14 heavy (non-hydrogen) atoms. The molecule has 0 aromatic carbocycles. The predicted molar refractivity (Wildman–Crippen MR) is 55.0 cm³/mol. The molecule has 0 unspecified atom stereocenters. The topological polar surface area (TPSA) is 43.4 Å². The van der Waals surface area contributed by atoms with E-state index in [1.807, 2.05) is 0 Å². The van der Waals surface area contributed by atoms with Gasteiger partial charge in [0.15, 0.2) is 0 Å². The van der Waals surface area contributed by atoms with Gasteiger partial charge in [-0.15, -0.1) is 0 Å². The van der Waals surface area contributed by atoms with Crippen LogP contribution in [0.1, 0.15) is 51.9 Å². The second-order valence-electron chi connectivity index (χ2n) is 3.43. The number of hydrogen-bond donors (Lipinski definition) is 0. The van der Waals surface area contributed by atoms with Gasteiger partial charge in [0.05, 0.1) is 7.11 Å². The average molecular weight is 200 g/mol. The van der Waals surface area contributed by atoms with Crippen molar-refractivity contribution in [1.82, 2.24) is 0 Å². The van der Waals surface area contributed by atoms with Crippen molar-refractivity contribution in [1.29, 1.82) is 0 Å². The van der Waals surface area contributed by atoms with Crippen molar-refractivity contribution >= 4 is 11.8 Å². The zero-order valence-electron chi connectivity index (χ0n) is 9.17. The van der Waals surface area contributed by atoms with Crippen LogP contribution in [0.15, 0.2) is 0 Å². The van der Waals surface area contributed by atoms with Gasteiger partial charge in [0.1, 0.15) is 5.78 Å². The summed E-state index contributed by atoms with van der Waals surface area (Å²) in [6.45, 7) is 2.11. The molecule has 0 amide bonds. The lowest BCUT2D eigenvalue weighted by Crippen LogP contribution is -2.03. The van der Waals surface area contributed by atoms with E-state index in [1.54, 1.807) is 0 Å². The van der Waals surface area contributed by atoms with Gasteiger partial charge >= 0.3 is 5.97 Å². The summed E-state index contributed by atoms with van der Waals surface area (Å²) in [6.07, 6.45) is 5.38. The number of esters is 1. The van der Waals surface area contributed by atoms with Crippen LogP contribution in [0.25, 0.3) is 0 Å². The lowest BCUT2D eigenvalue weighted by atomic mass is 10.1. The van der Waals surface area contributed by atoms with Gasteiger partial charge in [0, 0.05) is 19.3 Å². The van der Waals surface area contributed by atoms with Gasteiger partial charge in [-0.1, -0.05) is 19.8 Å². The van der Waals surface area contributed by atoms with E-state index in [4.69, 9.17) is 0 Å². The Morgan fingerprint density at radius 1 is 1.00 bits per heavy atom. The van der Waals surface area contributed by atoms with Gasteiger partial charge in [-0.3, -0.25) is 9.59 Å². The maximum atomic E-state index is 11.2. The fourth-order valence-corrected chi connectivity index (χ4v) is 1.23. The van der Waals surface area contributed by atoms with Crippen molar-refractivity contribution < 1.29 is 14.3 Å². The minimum absolute atomic E-state index is 0.230. The van der Waals surface area contributed by atoms with Crippen molar-refractivity contribution in [3.05, 3.63) is 0 Å². The Balaban J connectivity index is 3.31. The van der Waals surface area contributed by atoms with Crippen LogP contribution in [0.4, 0.5) is 0 Å². The van der Waals surface area contributed by atoms with E-state index < -0.39 is 0 Å². The van der Waals surface area contributed by atoms with Crippen molar-refractivity contribution in [2.24, 2.45) is 0 Å². The third kappa shape index (κ3) is 7.77. The zero-order valence-corrected chi connectivity index (χ0v) is 9.17. The monoisotopic (exact) mass is 200 g/mol. The second kappa shape index (κ2) is 8.73. The van der Waals surface area contributed by atoms with E-state index in [-0.39, 0.29) is 11.8 Å². The summed E-state index contributed by atoms with van der Waals surface area (Å²) in [7, 11) is 1.37. The molecule has 0 aliphatic rings. The molecule has 0 fully saturated rings. The highest BCUT2D eigenvalue weighted by molar-refractivity contribution is 5.79. The number of ketones is 1.